The van der Waals surface area contributed by atoms with Gasteiger partial charge in [0.2, 0.25) is 5.91 Å². The van der Waals surface area contributed by atoms with Crippen LogP contribution < -0.4 is 5.32 Å². The highest BCUT2D eigenvalue weighted by Gasteiger charge is 2.40. The van der Waals surface area contributed by atoms with Crippen LogP contribution in [0.5, 0.6) is 0 Å². The van der Waals surface area contributed by atoms with Crippen molar-refractivity contribution in [2.75, 3.05) is 26.2 Å². The van der Waals surface area contributed by atoms with E-state index in [1.54, 1.807) is 0 Å². The normalized spacial score (nSPS) is 25.1. The molecule has 1 aliphatic rings. The first-order valence-electron chi connectivity index (χ1n) is 8.09. The zero-order chi connectivity index (χ0) is 14.3. The Kier molecular flexibility index (Phi) is 6.84. The zero-order valence-electron chi connectivity index (χ0n) is 13.3. The van der Waals surface area contributed by atoms with Gasteiger partial charge in [-0.15, -0.1) is 0 Å². The lowest BCUT2D eigenvalue weighted by Gasteiger charge is -2.40. The Morgan fingerprint density at radius 3 is 2.58 bits per heavy atom. The highest BCUT2D eigenvalue weighted by molar-refractivity contribution is 5.83. The molecule has 0 aromatic carbocycles. The number of carbonyl (C=O) groups is 1. The second kappa shape index (κ2) is 7.88. The number of nitrogens with one attached hydrogen (secondary N) is 1. The SMILES string of the molecule is CCCC1(C(=O)N(CC)CC(C)CC)CCCNC1. The summed E-state index contributed by atoms with van der Waals surface area (Å²) < 4.78 is 0. The molecule has 0 aromatic heterocycles. The maximum Gasteiger partial charge on any atom is 0.230 e. The molecule has 3 heteroatoms. The van der Waals surface area contributed by atoms with E-state index < -0.39 is 0 Å². The van der Waals surface area contributed by atoms with E-state index in [1.807, 2.05) is 0 Å². The van der Waals surface area contributed by atoms with Crippen LogP contribution in [0.15, 0.2) is 0 Å². The minimum atomic E-state index is -0.129. The van der Waals surface area contributed by atoms with E-state index in [-0.39, 0.29) is 5.41 Å². The number of hydrogen-bond acceptors (Lipinski definition) is 2. The Balaban J connectivity index is 2.78. The van der Waals surface area contributed by atoms with E-state index in [9.17, 15) is 4.79 Å². The molecule has 112 valence electrons. The molecule has 0 spiro atoms. The Bertz CT molecular complexity index is 266. The van der Waals surface area contributed by atoms with Gasteiger partial charge >= 0.3 is 0 Å². The van der Waals surface area contributed by atoms with E-state index in [0.717, 1.165) is 58.3 Å². The van der Waals surface area contributed by atoms with Crippen molar-refractivity contribution in [2.24, 2.45) is 11.3 Å². The van der Waals surface area contributed by atoms with E-state index >= 15 is 0 Å². The molecule has 1 fully saturated rings. The molecule has 1 saturated heterocycles. The third-order valence-corrected chi connectivity index (χ3v) is 4.55. The molecule has 1 heterocycles. The maximum absolute atomic E-state index is 13.0. The van der Waals surface area contributed by atoms with Crippen molar-refractivity contribution in [2.45, 2.75) is 59.8 Å². The molecule has 0 saturated carbocycles. The lowest BCUT2D eigenvalue weighted by Crippen LogP contribution is -2.52. The molecular formula is C16H32N2O. The monoisotopic (exact) mass is 268 g/mol. The standard InChI is InChI=1S/C16H32N2O/c1-5-9-16(10-8-11-17-13-16)15(19)18(7-3)12-14(4)6-2/h14,17H,5-13H2,1-4H3. The summed E-state index contributed by atoms with van der Waals surface area (Å²) >= 11 is 0. The molecule has 2 atom stereocenters. The minimum Gasteiger partial charge on any atom is -0.342 e. The van der Waals surface area contributed by atoms with Crippen molar-refractivity contribution in [1.82, 2.24) is 10.2 Å². The second-order valence-electron chi connectivity index (χ2n) is 6.17. The third kappa shape index (κ3) is 4.20. The summed E-state index contributed by atoms with van der Waals surface area (Å²) in [5.41, 5.74) is -0.129. The van der Waals surface area contributed by atoms with E-state index in [1.165, 1.54) is 0 Å². The maximum atomic E-state index is 13.0. The fourth-order valence-electron chi connectivity index (χ4n) is 3.15. The largest absolute Gasteiger partial charge is 0.342 e. The third-order valence-electron chi connectivity index (χ3n) is 4.55. The quantitative estimate of drug-likeness (QED) is 0.769. The Labute approximate surface area is 119 Å². The van der Waals surface area contributed by atoms with Gasteiger partial charge in [-0.3, -0.25) is 4.79 Å². The van der Waals surface area contributed by atoms with Crippen molar-refractivity contribution in [3.8, 4) is 0 Å². The first-order valence-corrected chi connectivity index (χ1v) is 8.09. The second-order valence-corrected chi connectivity index (χ2v) is 6.17. The van der Waals surface area contributed by atoms with E-state index in [4.69, 9.17) is 0 Å². The minimum absolute atomic E-state index is 0.129. The van der Waals surface area contributed by atoms with Crippen LogP contribution in [-0.2, 0) is 4.79 Å². The summed E-state index contributed by atoms with van der Waals surface area (Å²) in [6.45, 7) is 12.4. The number of nitrogens with zero attached hydrogens (tertiary/aromatic N) is 1. The van der Waals surface area contributed by atoms with Gasteiger partial charge in [-0.05, 0) is 38.6 Å². The van der Waals surface area contributed by atoms with Gasteiger partial charge in [-0.25, -0.2) is 0 Å². The molecule has 0 bridgehead atoms. The topological polar surface area (TPSA) is 32.3 Å². The molecular weight excluding hydrogens is 236 g/mol. The molecule has 2 unspecified atom stereocenters. The molecule has 0 aliphatic carbocycles. The van der Waals surface area contributed by atoms with Crippen LogP contribution in [0.4, 0.5) is 0 Å². The van der Waals surface area contributed by atoms with Crippen LogP contribution in [0, 0.1) is 11.3 Å². The van der Waals surface area contributed by atoms with Gasteiger partial charge in [0.25, 0.3) is 0 Å². The lowest BCUT2D eigenvalue weighted by atomic mass is 9.75. The van der Waals surface area contributed by atoms with Crippen LogP contribution in [0.3, 0.4) is 0 Å². The fourth-order valence-corrected chi connectivity index (χ4v) is 3.15. The van der Waals surface area contributed by atoms with Crippen molar-refractivity contribution in [3.05, 3.63) is 0 Å². The van der Waals surface area contributed by atoms with Gasteiger partial charge in [0, 0.05) is 19.6 Å². The van der Waals surface area contributed by atoms with Gasteiger partial charge in [-0.2, -0.15) is 0 Å². The lowest BCUT2D eigenvalue weighted by molar-refractivity contribution is -0.144. The predicted octanol–water partition coefficient (Wildman–Crippen LogP) is 3.05. The molecule has 0 radical (unpaired) electrons. The summed E-state index contributed by atoms with van der Waals surface area (Å²) in [5, 5.41) is 3.44. The number of rotatable bonds is 7. The van der Waals surface area contributed by atoms with Crippen LogP contribution in [0.1, 0.15) is 59.8 Å². The van der Waals surface area contributed by atoms with Crippen LogP contribution in [-0.4, -0.2) is 37.0 Å². The van der Waals surface area contributed by atoms with Gasteiger partial charge in [0.15, 0.2) is 0 Å². The summed E-state index contributed by atoms with van der Waals surface area (Å²) in [6.07, 6.45) is 5.45. The van der Waals surface area contributed by atoms with Gasteiger partial charge < -0.3 is 10.2 Å². The van der Waals surface area contributed by atoms with Gasteiger partial charge in [0.1, 0.15) is 0 Å². The fraction of sp³-hybridized carbons (Fsp3) is 0.938. The summed E-state index contributed by atoms with van der Waals surface area (Å²) in [5.74, 6) is 0.989. The summed E-state index contributed by atoms with van der Waals surface area (Å²) in [6, 6.07) is 0. The highest BCUT2D eigenvalue weighted by Crippen LogP contribution is 2.34. The smallest absolute Gasteiger partial charge is 0.230 e. The molecule has 19 heavy (non-hydrogen) atoms. The summed E-state index contributed by atoms with van der Waals surface area (Å²) in [4.78, 5) is 15.1. The molecule has 1 rings (SSSR count). The molecule has 0 aromatic rings. The molecule has 1 aliphatic heterocycles. The predicted molar refractivity (Wildman–Crippen MR) is 81.2 cm³/mol. The summed E-state index contributed by atoms with van der Waals surface area (Å²) in [7, 11) is 0. The van der Waals surface area contributed by atoms with E-state index in [0.29, 0.717) is 11.8 Å². The molecule has 3 nitrogen and oxygen atoms in total. The number of amides is 1. The van der Waals surface area contributed by atoms with Crippen LogP contribution in [0.2, 0.25) is 0 Å². The van der Waals surface area contributed by atoms with Crippen molar-refractivity contribution in [1.29, 1.82) is 0 Å². The first-order chi connectivity index (χ1) is 9.09. The average molecular weight is 268 g/mol. The molecule has 1 amide bonds. The zero-order valence-corrected chi connectivity index (χ0v) is 13.3. The van der Waals surface area contributed by atoms with Gasteiger partial charge in [-0.1, -0.05) is 33.6 Å². The Morgan fingerprint density at radius 2 is 2.11 bits per heavy atom. The van der Waals surface area contributed by atoms with Crippen molar-refractivity contribution in [3.63, 3.8) is 0 Å². The average Bonchev–Trinajstić information content (AvgIpc) is 2.45. The van der Waals surface area contributed by atoms with Crippen molar-refractivity contribution >= 4 is 5.91 Å². The van der Waals surface area contributed by atoms with Gasteiger partial charge in [0.05, 0.1) is 5.41 Å². The van der Waals surface area contributed by atoms with E-state index in [2.05, 4.69) is 37.9 Å². The first kappa shape index (κ1) is 16.5. The number of piperidine rings is 1. The van der Waals surface area contributed by atoms with Crippen molar-refractivity contribution < 1.29 is 4.79 Å². The number of carbonyl (C=O) groups excluding carboxylic acids is 1. The Hall–Kier alpha value is -0.570. The number of hydrogen-bond donors (Lipinski definition) is 1. The van der Waals surface area contributed by atoms with Crippen LogP contribution in [0.25, 0.3) is 0 Å². The Morgan fingerprint density at radius 1 is 1.37 bits per heavy atom. The highest BCUT2D eigenvalue weighted by atomic mass is 16.2. The molecule has 1 N–H and O–H groups in total. The van der Waals surface area contributed by atoms with Crippen LogP contribution >= 0.6 is 0 Å².